The van der Waals surface area contributed by atoms with E-state index in [4.69, 9.17) is 0 Å². The van der Waals surface area contributed by atoms with Gasteiger partial charge in [-0.3, -0.25) is 0 Å². The normalized spacial score (nSPS) is 18.6. The molecule has 0 fully saturated rings. The van der Waals surface area contributed by atoms with Crippen LogP contribution < -0.4 is 0 Å². The predicted octanol–water partition coefficient (Wildman–Crippen LogP) is 0.196. The SMILES string of the molecule is CCC[C@H](O)[C@H](Br)[C@@H](O)[C@H](O)C(=O)OCC. The second-order valence-electron chi connectivity index (χ2n) is 3.49. The lowest BCUT2D eigenvalue weighted by Crippen LogP contribution is -2.45. The van der Waals surface area contributed by atoms with Gasteiger partial charge in [0.25, 0.3) is 0 Å². The van der Waals surface area contributed by atoms with Crippen molar-refractivity contribution < 1.29 is 24.9 Å². The molecule has 96 valence electrons. The number of hydrogen-bond acceptors (Lipinski definition) is 5. The monoisotopic (exact) mass is 298 g/mol. The smallest absolute Gasteiger partial charge is 0.337 e. The molecule has 0 spiro atoms. The molecule has 16 heavy (non-hydrogen) atoms. The molecule has 0 amide bonds. The number of rotatable bonds is 7. The van der Waals surface area contributed by atoms with Crippen LogP contribution in [0, 0.1) is 0 Å². The Kier molecular flexibility index (Phi) is 7.91. The van der Waals surface area contributed by atoms with Gasteiger partial charge >= 0.3 is 5.97 Å². The average molecular weight is 299 g/mol. The van der Waals surface area contributed by atoms with Gasteiger partial charge in [0.15, 0.2) is 6.10 Å². The second kappa shape index (κ2) is 8.00. The molecule has 0 saturated heterocycles. The molecule has 6 heteroatoms. The van der Waals surface area contributed by atoms with Crippen molar-refractivity contribution in [3.63, 3.8) is 0 Å². The summed E-state index contributed by atoms with van der Waals surface area (Å²) in [6.07, 6.45) is -2.63. The van der Waals surface area contributed by atoms with Crippen molar-refractivity contribution in [2.75, 3.05) is 6.61 Å². The molecule has 0 rings (SSSR count). The van der Waals surface area contributed by atoms with Crippen LogP contribution in [0.5, 0.6) is 0 Å². The van der Waals surface area contributed by atoms with Gasteiger partial charge in [0, 0.05) is 0 Å². The molecule has 0 aliphatic rings. The highest BCUT2D eigenvalue weighted by Gasteiger charge is 2.34. The molecule has 0 heterocycles. The van der Waals surface area contributed by atoms with Gasteiger partial charge in [-0.25, -0.2) is 4.79 Å². The molecular weight excluding hydrogens is 280 g/mol. The van der Waals surface area contributed by atoms with Crippen molar-refractivity contribution in [1.29, 1.82) is 0 Å². The van der Waals surface area contributed by atoms with Gasteiger partial charge in [0.05, 0.1) is 17.5 Å². The number of hydrogen-bond donors (Lipinski definition) is 3. The topological polar surface area (TPSA) is 87.0 Å². The fraction of sp³-hybridized carbons (Fsp3) is 0.900. The van der Waals surface area contributed by atoms with E-state index in [2.05, 4.69) is 20.7 Å². The van der Waals surface area contributed by atoms with Gasteiger partial charge in [0.2, 0.25) is 0 Å². The Hall–Kier alpha value is -0.170. The Morgan fingerprint density at radius 3 is 2.31 bits per heavy atom. The van der Waals surface area contributed by atoms with E-state index in [1.807, 2.05) is 6.92 Å². The van der Waals surface area contributed by atoms with Crippen LogP contribution in [0.2, 0.25) is 0 Å². The standard InChI is InChI=1S/C10H19BrO5/c1-3-5-6(12)7(11)8(13)9(14)10(15)16-4-2/h6-9,12-14H,3-5H2,1-2H3/t6-,7-,8+,9-/m0/s1. The molecular formula is C10H19BrO5. The van der Waals surface area contributed by atoms with E-state index in [1.165, 1.54) is 0 Å². The van der Waals surface area contributed by atoms with Crippen LogP contribution >= 0.6 is 15.9 Å². The van der Waals surface area contributed by atoms with Crippen molar-refractivity contribution in [3.05, 3.63) is 0 Å². The summed E-state index contributed by atoms with van der Waals surface area (Å²) >= 11 is 3.06. The summed E-state index contributed by atoms with van der Waals surface area (Å²) in [5, 5.41) is 28.6. The third-order valence-electron chi connectivity index (χ3n) is 2.13. The van der Waals surface area contributed by atoms with Gasteiger partial charge in [-0.2, -0.15) is 0 Å². The van der Waals surface area contributed by atoms with Gasteiger partial charge < -0.3 is 20.1 Å². The van der Waals surface area contributed by atoms with E-state index in [9.17, 15) is 20.1 Å². The lowest BCUT2D eigenvalue weighted by Gasteiger charge is -2.24. The zero-order valence-electron chi connectivity index (χ0n) is 9.47. The molecule has 0 aromatic carbocycles. The number of esters is 1. The molecule has 5 nitrogen and oxygen atoms in total. The number of alkyl halides is 1. The van der Waals surface area contributed by atoms with E-state index in [0.717, 1.165) is 6.42 Å². The predicted molar refractivity (Wildman–Crippen MR) is 62.3 cm³/mol. The highest BCUT2D eigenvalue weighted by Crippen LogP contribution is 2.18. The average Bonchev–Trinajstić information content (AvgIpc) is 2.26. The molecule has 3 N–H and O–H groups in total. The molecule has 0 aromatic rings. The van der Waals surface area contributed by atoms with Crippen LogP contribution in [0.25, 0.3) is 0 Å². The summed E-state index contributed by atoms with van der Waals surface area (Å²) < 4.78 is 4.56. The minimum absolute atomic E-state index is 0.132. The maximum Gasteiger partial charge on any atom is 0.337 e. The quantitative estimate of drug-likeness (QED) is 0.462. The van der Waals surface area contributed by atoms with E-state index < -0.39 is 29.1 Å². The Bertz CT molecular complexity index is 211. The van der Waals surface area contributed by atoms with E-state index in [0.29, 0.717) is 6.42 Å². The zero-order chi connectivity index (χ0) is 12.7. The Morgan fingerprint density at radius 1 is 1.31 bits per heavy atom. The summed E-state index contributed by atoms with van der Waals surface area (Å²) in [6, 6.07) is 0. The molecule has 0 unspecified atom stereocenters. The van der Waals surface area contributed by atoms with E-state index >= 15 is 0 Å². The van der Waals surface area contributed by atoms with Gasteiger partial charge in [-0.1, -0.05) is 29.3 Å². The lowest BCUT2D eigenvalue weighted by atomic mass is 10.0. The summed E-state index contributed by atoms with van der Waals surface area (Å²) in [5.41, 5.74) is 0. The first-order valence-electron chi connectivity index (χ1n) is 5.30. The number of ether oxygens (including phenoxy) is 1. The summed E-state index contributed by atoms with van der Waals surface area (Å²) in [6.45, 7) is 3.62. The van der Waals surface area contributed by atoms with Crippen molar-refractivity contribution >= 4 is 21.9 Å². The highest BCUT2D eigenvalue weighted by molar-refractivity contribution is 9.09. The Labute approximate surface area is 104 Å². The molecule has 0 aliphatic heterocycles. The first-order chi connectivity index (χ1) is 7.45. The number of aliphatic hydroxyl groups is 3. The summed E-state index contributed by atoms with van der Waals surface area (Å²) in [5.74, 6) is -0.886. The van der Waals surface area contributed by atoms with Crippen molar-refractivity contribution in [2.45, 2.75) is 49.8 Å². The van der Waals surface area contributed by atoms with Gasteiger partial charge in [-0.05, 0) is 13.3 Å². The first-order valence-corrected chi connectivity index (χ1v) is 6.22. The number of carbonyl (C=O) groups excluding carboxylic acids is 1. The van der Waals surface area contributed by atoms with Crippen LogP contribution in [0.15, 0.2) is 0 Å². The van der Waals surface area contributed by atoms with Crippen LogP contribution in [-0.2, 0) is 9.53 Å². The van der Waals surface area contributed by atoms with Gasteiger partial charge in [-0.15, -0.1) is 0 Å². The van der Waals surface area contributed by atoms with E-state index in [-0.39, 0.29) is 6.61 Å². The minimum Gasteiger partial charge on any atom is -0.464 e. The van der Waals surface area contributed by atoms with E-state index in [1.54, 1.807) is 6.92 Å². The molecule has 0 radical (unpaired) electrons. The van der Waals surface area contributed by atoms with Crippen LogP contribution in [0.4, 0.5) is 0 Å². The zero-order valence-corrected chi connectivity index (χ0v) is 11.1. The fourth-order valence-electron chi connectivity index (χ4n) is 1.22. The molecule has 0 saturated carbocycles. The Morgan fingerprint density at radius 2 is 1.88 bits per heavy atom. The van der Waals surface area contributed by atoms with Crippen LogP contribution in [-0.4, -0.2) is 51.0 Å². The van der Waals surface area contributed by atoms with Crippen molar-refractivity contribution in [3.8, 4) is 0 Å². The third-order valence-corrected chi connectivity index (χ3v) is 3.28. The number of aliphatic hydroxyl groups excluding tert-OH is 3. The fourth-order valence-corrected chi connectivity index (χ4v) is 1.78. The minimum atomic E-state index is -1.64. The molecule has 0 aromatic heterocycles. The molecule has 0 bridgehead atoms. The molecule has 0 aliphatic carbocycles. The third kappa shape index (κ3) is 4.78. The summed E-state index contributed by atoms with van der Waals surface area (Å²) in [4.78, 5) is 10.4. The van der Waals surface area contributed by atoms with Crippen LogP contribution in [0.1, 0.15) is 26.7 Å². The maximum atomic E-state index is 11.1. The number of carbonyl (C=O) groups is 1. The molecule has 4 atom stereocenters. The van der Waals surface area contributed by atoms with Gasteiger partial charge in [0.1, 0.15) is 6.10 Å². The van der Waals surface area contributed by atoms with Crippen molar-refractivity contribution in [2.24, 2.45) is 0 Å². The van der Waals surface area contributed by atoms with Crippen LogP contribution in [0.3, 0.4) is 0 Å². The highest BCUT2D eigenvalue weighted by atomic mass is 79.9. The summed E-state index contributed by atoms with van der Waals surface area (Å²) in [7, 11) is 0. The number of halogens is 1. The lowest BCUT2D eigenvalue weighted by molar-refractivity contribution is -0.159. The first kappa shape index (κ1) is 15.8. The Balaban J connectivity index is 4.30. The maximum absolute atomic E-state index is 11.1. The largest absolute Gasteiger partial charge is 0.464 e. The second-order valence-corrected chi connectivity index (χ2v) is 4.55. The van der Waals surface area contributed by atoms with Crippen molar-refractivity contribution in [1.82, 2.24) is 0 Å².